The van der Waals surface area contributed by atoms with Crippen LogP contribution in [0.4, 0.5) is 0 Å². The minimum absolute atomic E-state index is 0.0274. The second kappa shape index (κ2) is 7.93. The second-order valence-electron chi connectivity index (χ2n) is 4.17. The van der Waals surface area contributed by atoms with Crippen LogP contribution in [-0.2, 0) is 4.79 Å². The van der Waals surface area contributed by atoms with Gasteiger partial charge in [0, 0.05) is 26.2 Å². The molecular weight excluding hydrogens is 260 g/mol. The number of carboxylic acid groups (broad SMARTS) is 1. The molecule has 20 heavy (non-hydrogen) atoms. The van der Waals surface area contributed by atoms with Gasteiger partial charge in [-0.05, 0) is 18.6 Å². The van der Waals surface area contributed by atoms with E-state index < -0.39 is 5.97 Å². The van der Waals surface area contributed by atoms with Crippen molar-refractivity contribution < 1.29 is 19.4 Å². The molecule has 0 unspecified atom stereocenters. The van der Waals surface area contributed by atoms with Gasteiger partial charge in [-0.2, -0.15) is 0 Å². The Balaban J connectivity index is 2.70. The van der Waals surface area contributed by atoms with Crippen molar-refractivity contribution in [1.82, 2.24) is 9.88 Å². The minimum atomic E-state index is -0.876. The number of hydrogen-bond acceptors (Lipinski definition) is 4. The van der Waals surface area contributed by atoms with Crippen molar-refractivity contribution in [3.63, 3.8) is 0 Å². The van der Waals surface area contributed by atoms with Gasteiger partial charge in [0.2, 0.25) is 0 Å². The molecule has 0 spiro atoms. The average Bonchev–Trinajstić information content (AvgIpc) is 2.44. The first-order chi connectivity index (χ1) is 9.56. The molecule has 1 heterocycles. The normalized spacial score (nSPS) is 9.85. The number of carboxylic acids is 1. The summed E-state index contributed by atoms with van der Waals surface area (Å²) in [6, 6.07) is 3.34. The van der Waals surface area contributed by atoms with Crippen molar-refractivity contribution in [2.24, 2.45) is 0 Å². The highest BCUT2D eigenvalue weighted by Gasteiger charge is 2.18. The maximum Gasteiger partial charge on any atom is 0.303 e. The van der Waals surface area contributed by atoms with Crippen LogP contribution in [0, 0.1) is 0 Å². The first-order valence-electron chi connectivity index (χ1n) is 6.22. The minimum Gasteiger partial charge on any atom is -0.487 e. The van der Waals surface area contributed by atoms with Gasteiger partial charge in [0.25, 0.3) is 5.91 Å². The van der Waals surface area contributed by atoms with Gasteiger partial charge < -0.3 is 14.7 Å². The van der Waals surface area contributed by atoms with E-state index in [9.17, 15) is 9.59 Å². The number of aromatic nitrogens is 1. The Kier molecular flexibility index (Phi) is 6.22. The molecule has 0 aromatic carbocycles. The quantitative estimate of drug-likeness (QED) is 0.730. The molecule has 0 aliphatic rings. The summed E-state index contributed by atoms with van der Waals surface area (Å²) in [6.07, 6.45) is 3.52. The van der Waals surface area contributed by atoms with E-state index in [1.807, 2.05) is 0 Å². The Morgan fingerprint density at radius 2 is 2.30 bits per heavy atom. The molecule has 0 atom stereocenters. The van der Waals surface area contributed by atoms with Crippen LogP contribution < -0.4 is 4.74 Å². The summed E-state index contributed by atoms with van der Waals surface area (Å²) in [5.41, 5.74) is 0.215. The predicted octanol–water partition coefficient (Wildman–Crippen LogP) is 1.58. The monoisotopic (exact) mass is 278 g/mol. The number of nitrogens with zero attached hydrogens (tertiary/aromatic N) is 2. The summed E-state index contributed by atoms with van der Waals surface area (Å²) >= 11 is 0. The largest absolute Gasteiger partial charge is 0.487 e. The Bertz CT molecular complexity index is 488. The third-order valence-electron chi connectivity index (χ3n) is 2.56. The number of carbonyl (C=O) groups is 2. The van der Waals surface area contributed by atoms with Gasteiger partial charge in [-0.1, -0.05) is 12.7 Å². The molecule has 0 radical (unpaired) electrons. The van der Waals surface area contributed by atoms with Crippen molar-refractivity contribution in [2.75, 3.05) is 20.2 Å². The van der Waals surface area contributed by atoms with Gasteiger partial charge in [0.15, 0.2) is 11.4 Å². The molecule has 0 aliphatic heterocycles. The summed E-state index contributed by atoms with van der Waals surface area (Å²) in [6.45, 7) is 4.18. The van der Waals surface area contributed by atoms with Crippen LogP contribution in [0.5, 0.6) is 5.75 Å². The van der Waals surface area contributed by atoms with Crippen molar-refractivity contribution in [2.45, 2.75) is 12.8 Å². The molecule has 1 aromatic heterocycles. The number of rotatable bonds is 8. The molecule has 6 heteroatoms. The number of aliphatic carboxylic acids is 1. The van der Waals surface area contributed by atoms with Gasteiger partial charge in [-0.15, -0.1) is 0 Å². The Morgan fingerprint density at radius 3 is 2.95 bits per heavy atom. The zero-order valence-corrected chi connectivity index (χ0v) is 11.4. The van der Waals surface area contributed by atoms with E-state index in [4.69, 9.17) is 9.84 Å². The lowest BCUT2D eigenvalue weighted by Crippen LogP contribution is -2.29. The molecule has 1 N–H and O–H groups in total. The summed E-state index contributed by atoms with van der Waals surface area (Å²) < 4.78 is 5.38. The molecule has 1 aromatic rings. The fourth-order valence-electron chi connectivity index (χ4n) is 1.57. The van der Waals surface area contributed by atoms with E-state index in [0.717, 1.165) is 0 Å². The fourth-order valence-corrected chi connectivity index (χ4v) is 1.57. The summed E-state index contributed by atoms with van der Waals surface area (Å²) in [5.74, 6) is -0.781. The van der Waals surface area contributed by atoms with Gasteiger partial charge in [0.1, 0.15) is 6.61 Å². The van der Waals surface area contributed by atoms with Crippen LogP contribution in [-0.4, -0.2) is 47.1 Å². The zero-order chi connectivity index (χ0) is 15.0. The third-order valence-corrected chi connectivity index (χ3v) is 2.56. The van der Waals surface area contributed by atoms with Crippen molar-refractivity contribution >= 4 is 11.9 Å². The molecule has 0 bridgehead atoms. The predicted molar refractivity (Wildman–Crippen MR) is 73.8 cm³/mol. The highest BCUT2D eigenvalue weighted by Crippen LogP contribution is 2.17. The lowest BCUT2D eigenvalue weighted by molar-refractivity contribution is -0.137. The first-order valence-corrected chi connectivity index (χ1v) is 6.22. The molecular formula is C14H18N2O4. The molecule has 0 aliphatic carbocycles. The van der Waals surface area contributed by atoms with Crippen LogP contribution in [0.1, 0.15) is 23.3 Å². The Hall–Kier alpha value is -2.37. The molecule has 0 fully saturated rings. The van der Waals surface area contributed by atoms with Gasteiger partial charge in [-0.3, -0.25) is 9.59 Å². The van der Waals surface area contributed by atoms with Gasteiger partial charge in [-0.25, -0.2) is 4.98 Å². The summed E-state index contributed by atoms with van der Waals surface area (Å²) in [4.78, 5) is 28.1. The number of pyridine rings is 1. The SMILES string of the molecule is C=CCOc1cccnc1C(=O)N(C)CCCC(=O)O. The molecule has 0 saturated carbocycles. The van der Waals surface area contributed by atoms with E-state index in [-0.39, 0.29) is 24.6 Å². The highest BCUT2D eigenvalue weighted by molar-refractivity contribution is 5.94. The number of amides is 1. The molecule has 108 valence electrons. The summed E-state index contributed by atoms with van der Waals surface area (Å²) in [5, 5.41) is 8.58. The molecule has 6 nitrogen and oxygen atoms in total. The van der Waals surface area contributed by atoms with E-state index in [1.54, 1.807) is 25.3 Å². The Labute approximate surface area is 117 Å². The fraction of sp³-hybridized carbons (Fsp3) is 0.357. The summed E-state index contributed by atoms with van der Waals surface area (Å²) in [7, 11) is 1.61. The topological polar surface area (TPSA) is 79.7 Å². The van der Waals surface area contributed by atoms with Crippen LogP contribution >= 0.6 is 0 Å². The standard InChI is InChI=1S/C14H18N2O4/c1-3-10-20-11-6-4-8-15-13(11)14(19)16(2)9-5-7-12(17)18/h3-4,6,8H,1,5,7,9-10H2,2H3,(H,17,18). The average molecular weight is 278 g/mol. The van der Waals surface area contributed by atoms with E-state index >= 15 is 0 Å². The number of ether oxygens (including phenoxy) is 1. The number of hydrogen-bond donors (Lipinski definition) is 1. The van der Waals surface area contributed by atoms with Crippen LogP contribution in [0.2, 0.25) is 0 Å². The van der Waals surface area contributed by atoms with Crippen LogP contribution in [0.15, 0.2) is 31.0 Å². The third kappa shape index (κ3) is 4.72. The smallest absolute Gasteiger partial charge is 0.303 e. The van der Waals surface area contributed by atoms with Crippen molar-refractivity contribution in [3.05, 3.63) is 36.7 Å². The lowest BCUT2D eigenvalue weighted by atomic mass is 10.2. The second-order valence-corrected chi connectivity index (χ2v) is 4.17. The van der Waals surface area contributed by atoms with Crippen LogP contribution in [0.25, 0.3) is 0 Å². The maximum atomic E-state index is 12.2. The lowest BCUT2D eigenvalue weighted by Gasteiger charge is -2.17. The maximum absolute atomic E-state index is 12.2. The first kappa shape index (κ1) is 15.7. The van der Waals surface area contributed by atoms with Crippen molar-refractivity contribution in [1.29, 1.82) is 0 Å². The Morgan fingerprint density at radius 1 is 1.55 bits per heavy atom. The molecule has 1 amide bonds. The highest BCUT2D eigenvalue weighted by atomic mass is 16.5. The van der Waals surface area contributed by atoms with E-state index in [1.165, 1.54) is 11.1 Å². The molecule has 1 rings (SSSR count). The van der Waals surface area contributed by atoms with Crippen LogP contribution in [0.3, 0.4) is 0 Å². The van der Waals surface area contributed by atoms with Gasteiger partial charge >= 0.3 is 5.97 Å². The van der Waals surface area contributed by atoms with Crippen molar-refractivity contribution in [3.8, 4) is 5.75 Å². The van der Waals surface area contributed by atoms with Gasteiger partial charge in [0.05, 0.1) is 0 Å². The number of carbonyl (C=O) groups excluding carboxylic acids is 1. The van der Waals surface area contributed by atoms with E-state index in [2.05, 4.69) is 11.6 Å². The zero-order valence-electron chi connectivity index (χ0n) is 11.4. The molecule has 0 saturated heterocycles. The van der Waals surface area contributed by atoms with E-state index in [0.29, 0.717) is 18.7 Å².